The van der Waals surface area contributed by atoms with Crippen molar-refractivity contribution in [3.05, 3.63) is 0 Å². The van der Waals surface area contributed by atoms with Gasteiger partial charge in [-0.1, -0.05) is 39.5 Å². The fourth-order valence-corrected chi connectivity index (χ4v) is 4.69. The summed E-state index contributed by atoms with van der Waals surface area (Å²) in [7, 11) is 0. The van der Waals surface area contributed by atoms with E-state index in [1.165, 1.54) is 51.4 Å². The Morgan fingerprint density at radius 1 is 1.11 bits per heavy atom. The standard InChI is InChI=1S/C15H31N3/c1-3-18(4-2)15(11-7-8-12-15)14(17-16)13-9-5-6-10-13/h13-14,17H,3-12,16H2,1-2H3. The lowest BCUT2D eigenvalue weighted by molar-refractivity contribution is 0.0397. The second-order valence-electron chi connectivity index (χ2n) is 6.17. The van der Waals surface area contributed by atoms with Crippen molar-refractivity contribution in [3.8, 4) is 0 Å². The molecule has 2 aliphatic rings. The molecule has 0 aromatic rings. The number of hydrogen-bond donors (Lipinski definition) is 2. The van der Waals surface area contributed by atoms with E-state index in [1.54, 1.807) is 0 Å². The molecule has 0 spiro atoms. The summed E-state index contributed by atoms with van der Waals surface area (Å²) in [6, 6.07) is 0.502. The molecule has 2 rings (SSSR count). The van der Waals surface area contributed by atoms with Crippen LogP contribution in [0.25, 0.3) is 0 Å². The number of hydrogen-bond acceptors (Lipinski definition) is 3. The van der Waals surface area contributed by atoms with Crippen molar-refractivity contribution < 1.29 is 0 Å². The second kappa shape index (κ2) is 6.36. The van der Waals surface area contributed by atoms with Gasteiger partial charge < -0.3 is 0 Å². The Morgan fingerprint density at radius 2 is 1.67 bits per heavy atom. The molecule has 3 N–H and O–H groups in total. The topological polar surface area (TPSA) is 41.3 Å². The van der Waals surface area contributed by atoms with E-state index in [0.717, 1.165) is 19.0 Å². The van der Waals surface area contributed by atoms with E-state index in [-0.39, 0.29) is 0 Å². The summed E-state index contributed by atoms with van der Waals surface area (Å²) in [4.78, 5) is 2.68. The normalized spacial score (nSPS) is 26.0. The highest BCUT2D eigenvalue weighted by molar-refractivity contribution is 5.05. The predicted molar refractivity (Wildman–Crippen MR) is 77.2 cm³/mol. The van der Waals surface area contributed by atoms with Gasteiger partial charge in [-0.3, -0.25) is 16.2 Å². The maximum Gasteiger partial charge on any atom is 0.0422 e. The maximum atomic E-state index is 5.99. The highest BCUT2D eigenvalue weighted by Gasteiger charge is 2.47. The first-order chi connectivity index (χ1) is 8.78. The summed E-state index contributed by atoms with van der Waals surface area (Å²) < 4.78 is 0. The first kappa shape index (κ1) is 14.3. The fourth-order valence-electron chi connectivity index (χ4n) is 4.69. The van der Waals surface area contributed by atoms with Crippen LogP contribution in [0.5, 0.6) is 0 Å². The van der Waals surface area contributed by atoms with Gasteiger partial charge >= 0.3 is 0 Å². The van der Waals surface area contributed by atoms with Gasteiger partial charge in [-0.15, -0.1) is 0 Å². The summed E-state index contributed by atoms with van der Waals surface area (Å²) >= 11 is 0. The summed E-state index contributed by atoms with van der Waals surface area (Å²) in [5.74, 6) is 6.79. The number of nitrogens with zero attached hydrogens (tertiary/aromatic N) is 1. The Hall–Kier alpha value is -0.120. The van der Waals surface area contributed by atoms with Crippen molar-refractivity contribution in [1.29, 1.82) is 0 Å². The fraction of sp³-hybridized carbons (Fsp3) is 1.00. The SMILES string of the molecule is CCN(CC)C1(C(NN)C2CCCC2)CCCC1. The van der Waals surface area contributed by atoms with Crippen molar-refractivity contribution in [3.63, 3.8) is 0 Å². The third-order valence-corrected chi connectivity index (χ3v) is 5.49. The minimum Gasteiger partial charge on any atom is -0.297 e. The van der Waals surface area contributed by atoms with Crippen molar-refractivity contribution in [2.45, 2.75) is 76.8 Å². The third-order valence-electron chi connectivity index (χ3n) is 5.49. The van der Waals surface area contributed by atoms with Gasteiger partial charge in [0.2, 0.25) is 0 Å². The molecule has 2 aliphatic carbocycles. The molecule has 0 aromatic heterocycles. The molecule has 2 fully saturated rings. The van der Waals surface area contributed by atoms with Crippen LogP contribution in [0.4, 0.5) is 0 Å². The Bertz CT molecular complexity index is 238. The predicted octanol–water partition coefficient (Wildman–Crippen LogP) is 2.66. The quantitative estimate of drug-likeness (QED) is 0.565. The molecule has 3 heteroatoms. The van der Waals surface area contributed by atoms with Gasteiger partial charge in [0.1, 0.15) is 0 Å². The number of hydrazine groups is 1. The summed E-state index contributed by atoms with van der Waals surface area (Å²) in [5.41, 5.74) is 3.57. The molecule has 0 saturated heterocycles. The highest BCUT2D eigenvalue weighted by Crippen LogP contribution is 2.43. The molecule has 0 aromatic carbocycles. The molecule has 2 saturated carbocycles. The molecule has 1 atom stereocenters. The van der Waals surface area contributed by atoms with E-state index in [2.05, 4.69) is 24.2 Å². The molecule has 0 bridgehead atoms. The molecule has 106 valence electrons. The van der Waals surface area contributed by atoms with E-state index in [1.807, 2.05) is 0 Å². The molecule has 1 unspecified atom stereocenters. The van der Waals surface area contributed by atoms with E-state index in [0.29, 0.717) is 11.6 Å². The molecule has 0 aliphatic heterocycles. The van der Waals surface area contributed by atoms with E-state index >= 15 is 0 Å². The monoisotopic (exact) mass is 253 g/mol. The van der Waals surface area contributed by atoms with Crippen molar-refractivity contribution >= 4 is 0 Å². The van der Waals surface area contributed by atoms with Crippen molar-refractivity contribution in [2.75, 3.05) is 13.1 Å². The zero-order valence-electron chi connectivity index (χ0n) is 12.3. The number of rotatable bonds is 6. The maximum absolute atomic E-state index is 5.99. The Labute approximate surface area is 112 Å². The van der Waals surface area contributed by atoms with Crippen molar-refractivity contribution in [1.82, 2.24) is 10.3 Å². The van der Waals surface area contributed by atoms with Crippen molar-refractivity contribution in [2.24, 2.45) is 11.8 Å². The minimum absolute atomic E-state index is 0.341. The van der Waals surface area contributed by atoms with Crippen LogP contribution < -0.4 is 11.3 Å². The molecular weight excluding hydrogens is 222 g/mol. The molecule has 0 amide bonds. The lowest BCUT2D eigenvalue weighted by Gasteiger charge is -2.48. The van der Waals surface area contributed by atoms with Crippen LogP contribution in [0.1, 0.15) is 65.2 Å². The zero-order valence-corrected chi connectivity index (χ0v) is 12.3. The number of nitrogens with one attached hydrogen (secondary N) is 1. The molecule has 0 radical (unpaired) electrons. The smallest absolute Gasteiger partial charge is 0.0422 e. The van der Waals surface area contributed by atoms with Crippen LogP contribution >= 0.6 is 0 Å². The Balaban J connectivity index is 2.20. The molecule has 3 nitrogen and oxygen atoms in total. The first-order valence-electron chi connectivity index (χ1n) is 7.99. The van der Waals surface area contributed by atoms with Crippen LogP contribution in [-0.2, 0) is 0 Å². The van der Waals surface area contributed by atoms with Crippen LogP contribution in [0, 0.1) is 5.92 Å². The zero-order chi connectivity index (χ0) is 13.0. The summed E-state index contributed by atoms with van der Waals surface area (Å²) in [5, 5.41) is 0. The van der Waals surface area contributed by atoms with Crippen LogP contribution in [0.2, 0.25) is 0 Å². The third kappa shape index (κ3) is 2.45. The average molecular weight is 253 g/mol. The summed E-state index contributed by atoms with van der Waals surface area (Å²) in [6.45, 7) is 6.90. The van der Waals surface area contributed by atoms with Gasteiger partial charge in [0, 0.05) is 11.6 Å². The molecular formula is C15H31N3. The Morgan fingerprint density at radius 3 is 2.11 bits per heavy atom. The van der Waals surface area contributed by atoms with Gasteiger partial charge in [0.05, 0.1) is 0 Å². The summed E-state index contributed by atoms with van der Waals surface area (Å²) in [6.07, 6.45) is 11.0. The van der Waals surface area contributed by atoms with Gasteiger partial charge in [-0.2, -0.15) is 0 Å². The van der Waals surface area contributed by atoms with Crippen LogP contribution in [-0.4, -0.2) is 29.6 Å². The highest BCUT2D eigenvalue weighted by atomic mass is 15.3. The van der Waals surface area contributed by atoms with Crippen LogP contribution in [0.3, 0.4) is 0 Å². The first-order valence-corrected chi connectivity index (χ1v) is 7.99. The molecule has 18 heavy (non-hydrogen) atoms. The van der Waals surface area contributed by atoms with E-state index in [9.17, 15) is 0 Å². The van der Waals surface area contributed by atoms with Gasteiger partial charge in [0.25, 0.3) is 0 Å². The second-order valence-corrected chi connectivity index (χ2v) is 6.17. The van der Waals surface area contributed by atoms with Crippen LogP contribution in [0.15, 0.2) is 0 Å². The average Bonchev–Trinajstić information content (AvgIpc) is 3.04. The van der Waals surface area contributed by atoms with Gasteiger partial charge in [-0.05, 0) is 44.7 Å². The van der Waals surface area contributed by atoms with E-state index in [4.69, 9.17) is 5.84 Å². The number of likely N-dealkylation sites (N-methyl/N-ethyl adjacent to an activating group) is 1. The number of nitrogens with two attached hydrogens (primary N) is 1. The minimum atomic E-state index is 0.341. The van der Waals surface area contributed by atoms with Gasteiger partial charge in [0.15, 0.2) is 0 Å². The van der Waals surface area contributed by atoms with Gasteiger partial charge in [-0.25, -0.2) is 0 Å². The largest absolute Gasteiger partial charge is 0.297 e. The molecule has 0 heterocycles. The lowest BCUT2D eigenvalue weighted by atomic mass is 9.78. The van der Waals surface area contributed by atoms with E-state index < -0.39 is 0 Å². The Kier molecular flexibility index (Phi) is 5.05. The lowest BCUT2D eigenvalue weighted by Crippen LogP contribution is -2.63.